The van der Waals surface area contributed by atoms with E-state index < -0.39 is 0 Å². The normalized spacial score (nSPS) is 10.7. The number of hydrogen-bond acceptors (Lipinski definition) is 4. The number of carbonyl (C=O) groups is 1. The molecule has 0 aliphatic carbocycles. The summed E-state index contributed by atoms with van der Waals surface area (Å²) < 4.78 is 1.82. The average molecular weight is 315 g/mol. The van der Waals surface area contributed by atoms with Gasteiger partial charge in [0.1, 0.15) is 17.2 Å². The van der Waals surface area contributed by atoms with Crippen molar-refractivity contribution in [2.24, 2.45) is 0 Å². The first-order chi connectivity index (χ1) is 11.8. The van der Waals surface area contributed by atoms with E-state index in [1.165, 1.54) is 0 Å². The van der Waals surface area contributed by atoms with Crippen molar-refractivity contribution in [3.8, 4) is 11.3 Å². The second-order valence-corrected chi connectivity index (χ2v) is 5.19. The summed E-state index contributed by atoms with van der Waals surface area (Å²) in [5, 5.41) is 2.73. The van der Waals surface area contributed by atoms with Gasteiger partial charge in [0.15, 0.2) is 0 Å². The molecule has 0 spiro atoms. The molecule has 0 saturated heterocycles. The van der Waals surface area contributed by atoms with Crippen molar-refractivity contribution in [1.29, 1.82) is 0 Å². The van der Waals surface area contributed by atoms with Gasteiger partial charge >= 0.3 is 0 Å². The first-order valence-electron chi connectivity index (χ1n) is 7.42. The van der Waals surface area contributed by atoms with Crippen LogP contribution in [0, 0.1) is 0 Å². The van der Waals surface area contributed by atoms with Crippen molar-refractivity contribution in [3.63, 3.8) is 0 Å². The zero-order chi connectivity index (χ0) is 16.4. The molecular weight excluding hydrogens is 302 g/mol. The third-order valence-electron chi connectivity index (χ3n) is 3.55. The zero-order valence-corrected chi connectivity index (χ0v) is 12.6. The molecule has 4 rings (SSSR count). The number of anilines is 1. The van der Waals surface area contributed by atoms with Crippen molar-refractivity contribution in [2.75, 3.05) is 5.32 Å². The van der Waals surface area contributed by atoms with Gasteiger partial charge in [-0.2, -0.15) is 0 Å². The second-order valence-electron chi connectivity index (χ2n) is 5.19. The van der Waals surface area contributed by atoms with Gasteiger partial charge in [-0.3, -0.25) is 9.78 Å². The van der Waals surface area contributed by atoms with E-state index in [-0.39, 0.29) is 5.91 Å². The van der Waals surface area contributed by atoms with Crippen LogP contribution in [-0.2, 0) is 0 Å². The van der Waals surface area contributed by atoms with Crippen LogP contribution in [0.15, 0.2) is 73.3 Å². The average Bonchev–Trinajstić information content (AvgIpc) is 3.07. The summed E-state index contributed by atoms with van der Waals surface area (Å²) in [6.45, 7) is 0. The van der Waals surface area contributed by atoms with Gasteiger partial charge in [-0.15, -0.1) is 0 Å². The van der Waals surface area contributed by atoms with Crippen molar-refractivity contribution in [1.82, 2.24) is 19.4 Å². The highest BCUT2D eigenvalue weighted by molar-refractivity contribution is 6.02. The van der Waals surface area contributed by atoms with Gasteiger partial charge in [-0.1, -0.05) is 12.1 Å². The van der Waals surface area contributed by atoms with Gasteiger partial charge < -0.3 is 9.72 Å². The maximum absolute atomic E-state index is 12.3. The molecule has 4 aromatic heterocycles. The fraction of sp³-hybridized carbons (Fsp3) is 0. The molecule has 4 aromatic rings. The third-order valence-corrected chi connectivity index (χ3v) is 3.55. The van der Waals surface area contributed by atoms with Crippen LogP contribution in [0.4, 0.5) is 5.82 Å². The van der Waals surface area contributed by atoms with Gasteiger partial charge in [0.2, 0.25) is 0 Å². The number of fused-ring (bicyclic) bond motifs is 1. The Morgan fingerprint density at radius 2 is 1.75 bits per heavy atom. The standard InChI is InChI=1S/C18H13N5O/c24-18(22-16-6-2-4-10-20-16)15-12-23-11-13(7-8-17(23)21-15)14-5-1-3-9-19-14/h1-12H,(H,20,22,24). The molecule has 6 heteroatoms. The number of pyridine rings is 3. The SMILES string of the molecule is O=C(Nc1ccccn1)c1cn2cc(-c3ccccn3)ccc2n1. The van der Waals surface area contributed by atoms with E-state index in [0.29, 0.717) is 17.2 Å². The minimum Gasteiger partial charge on any atom is -0.306 e. The molecule has 6 nitrogen and oxygen atoms in total. The predicted molar refractivity (Wildman–Crippen MR) is 90.6 cm³/mol. The fourth-order valence-electron chi connectivity index (χ4n) is 2.40. The van der Waals surface area contributed by atoms with Gasteiger partial charge in [0.05, 0.1) is 5.69 Å². The van der Waals surface area contributed by atoms with Crippen molar-refractivity contribution < 1.29 is 4.79 Å². The number of carbonyl (C=O) groups excluding carboxylic acids is 1. The lowest BCUT2D eigenvalue weighted by Crippen LogP contribution is -2.13. The van der Waals surface area contributed by atoms with Gasteiger partial charge in [0, 0.05) is 30.4 Å². The van der Waals surface area contributed by atoms with E-state index in [0.717, 1.165) is 11.3 Å². The molecule has 0 fully saturated rings. The molecule has 0 atom stereocenters. The topological polar surface area (TPSA) is 72.2 Å². The van der Waals surface area contributed by atoms with E-state index in [2.05, 4.69) is 20.3 Å². The minimum absolute atomic E-state index is 0.295. The molecule has 1 N–H and O–H groups in total. The summed E-state index contributed by atoms with van der Waals surface area (Å²) in [7, 11) is 0. The number of nitrogens with zero attached hydrogens (tertiary/aromatic N) is 4. The van der Waals surface area contributed by atoms with Gasteiger partial charge in [0.25, 0.3) is 5.91 Å². The summed E-state index contributed by atoms with van der Waals surface area (Å²) in [5.41, 5.74) is 2.85. The summed E-state index contributed by atoms with van der Waals surface area (Å²) in [6, 6.07) is 14.9. The van der Waals surface area contributed by atoms with Crippen LogP contribution in [-0.4, -0.2) is 25.3 Å². The smallest absolute Gasteiger partial charge is 0.277 e. The highest BCUT2D eigenvalue weighted by Gasteiger charge is 2.12. The third kappa shape index (κ3) is 2.72. The Labute approximate surface area is 137 Å². The Balaban J connectivity index is 1.65. The molecule has 0 saturated carbocycles. The van der Waals surface area contributed by atoms with E-state index >= 15 is 0 Å². The van der Waals surface area contributed by atoms with Gasteiger partial charge in [-0.05, 0) is 36.4 Å². The molecule has 0 unspecified atom stereocenters. The van der Waals surface area contributed by atoms with Crippen LogP contribution in [0.25, 0.3) is 16.9 Å². The lowest BCUT2D eigenvalue weighted by molar-refractivity contribution is 0.102. The van der Waals surface area contributed by atoms with Crippen LogP contribution >= 0.6 is 0 Å². The number of imidazole rings is 1. The van der Waals surface area contributed by atoms with Gasteiger partial charge in [-0.25, -0.2) is 9.97 Å². The number of rotatable bonds is 3. The monoisotopic (exact) mass is 315 g/mol. The Hall–Kier alpha value is -3.54. The number of hydrogen-bond donors (Lipinski definition) is 1. The van der Waals surface area contributed by atoms with Crippen LogP contribution < -0.4 is 5.32 Å². The number of amides is 1. The predicted octanol–water partition coefficient (Wildman–Crippen LogP) is 3.04. The summed E-state index contributed by atoms with van der Waals surface area (Å²) >= 11 is 0. The molecule has 0 aromatic carbocycles. The molecular formula is C18H13N5O. The molecule has 116 valence electrons. The number of aromatic nitrogens is 4. The minimum atomic E-state index is -0.295. The van der Waals surface area contributed by atoms with Crippen molar-refractivity contribution in [3.05, 3.63) is 79.0 Å². The van der Waals surface area contributed by atoms with Crippen LogP contribution in [0.3, 0.4) is 0 Å². The summed E-state index contributed by atoms with van der Waals surface area (Å²) in [5.74, 6) is 0.200. The maximum Gasteiger partial charge on any atom is 0.277 e. The molecule has 1 amide bonds. The summed E-state index contributed by atoms with van der Waals surface area (Å²) in [6.07, 6.45) is 6.97. The Bertz CT molecular complexity index is 996. The van der Waals surface area contributed by atoms with E-state index in [1.54, 1.807) is 30.7 Å². The van der Waals surface area contributed by atoms with E-state index in [4.69, 9.17) is 0 Å². The van der Waals surface area contributed by atoms with Crippen LogP contribution in [0.1, 0.15) is 10.5 Å². The highest BCUT2D eigenvalue weighted by Crippen LogP contribution is 2.18. The maximum atomic E-state index is 12.3. The lowest BCUT2D eigenvalue weighted by atomic mass is 10.2. The highest BCUT2D eigenvalue weighted by atomic mass is 16.2. The zero-order valence-electron chi connectivity index (χ0n) is 12.6. The van der Waals surface area contributed by atoms with Crippen LogP contribution in [0.5, 0.6) is 0 Å². The lowest BCUT2D eigenvalue weighted by Gasteiger charge is -2.01. The Kier molecular flexibility index (Phi) is 3.47. The molecule has 0 aliphatic heterocycles. The largest absolute Gasteiger partial charge is 0.306 e. The van der Waals surface area contributed by atoms with E-state index in [9.17, 15) is 4.79 Å². The van der Waals surface area contributed by atoms with E-state index in [1.807, 2.05) is 47.0 Å². The molecule has 0 aliphatic rings. The quantitative estimate of drug-likeness (QED) is 0.631. The first kappa shape index (κ1) is 14.1. The van der Waals surface area contributed by atoms with Crippen molar-refractivity contribution in [2.45, 2.75) is 0 Å². The molecule has 0 bridgehead atoms. The second kappa shape index (κ2) is 5.92. The molecule has 24 heavy (non-hydrogen) atoms. The molecule has 4 heterocycles. The number of nitrogens with one attached hydrogen (secondary N) is 1. The van der Waals surface area contributed by atoms with Crippen LogP contribution in [0.2, 0.25) is 0 Å². The first-order valence-corrected chi connectivity index (χ1v) is 7.42. The summed E-state index contributed by atoms with van der Waals surface area (Å²) in [4.78, 5) is 25.1. The van der Waals surface area contributed by atoms with Crippen molar-refractivity contribution >= 4 is 17.4 Å². The molecule has 0 radical (unpaired) electrons. The Morgan fingerprint density at radius 3 is 2.50 bits per heavy atom. The Morgan fingerprint density at radius 1 is 0.917 bits per heavy atom. The fourth-order valence-corrected chi connectivity index (χ4v) is 2.40.